The van der Waals surface area contributed by atoms with Crippen molar-refractivity contribution in [3.05, 3.63) is 188 Å². The molecule has 0 amide bonds. The van der Waals surface area contributed by atoms with Crippen molar-refractivity contribution in [1.29, 1.82) is 0 Å². The highest BCUT2D eigenvalue weighted by atomic mass is 15.2. The van der Waals surface area contributed by atoms with E-state index in [1.54, 1.807) is 12.4 Å². The van der Waals surface area contributed by atoms with Gasteiger partial charge in [-0.15, -0.1) is 0 Å². The standard InChI is InChI=1S/C51H31N7/c1-4-14-32(15-5-1)49-54-50(33-16-6-2-7-17-33)56-51(55-49)58-44-23-13-11-20-37(44)41-28-34(24-25-45(41)58)39-29-35-30-46-42(31-40(35)48-47(39)52-26-27-53-48)38-21-10-12-22-43(38)57(46)36-18-8-3-9-19-36/h1-31H. The fourth-order valence-corrected chi connectivity index (χ4v) is 8.64. The van der Waals surface area contributed by atoms with Crippen LogP contribution in [0.2, 0.25) is 0 Å². The summed E-state index contributed by atoms with van der Waals surface area (Å²) >= 11 is 0. The summed E-state index contributed by atoms with van der Waals surface area (Å²) < 4.78 is 4.52. The van der Waals surface area contributed by atoms with Crippen molar-refractivity contribution in [3.63, 3.8) is 0 Å². The van der Waals surface area contributed by atoms with Crippen molar-refractivity contribution in [3.8, 4) is 45.5 Å². The van der Waals surface area contributed by atoms with Gasteiger partial charge in [0.05, 0.1) is 33.1 Å². The smallest absolute Gasteiger partial charge is 0.238 e. The Balaban J connectivity index is 1.10. The lowest BCUT2D eigenvalue weighted by molar-refractivity contribution is 0.953. The van der Waals surface area contributed by atoms with Gasteiger partial charge in [0.1, 0.15) is 0 Å². The summed E-state index contributed by atoms with van der Waals surface area (Å²) in [5.41, 5.74) is 11.1. The number of benzene rings is 8. The van der Waals surface area contributed by atoms with Gasteiger partial charge in [0.15, 0.2) is 11.6 Å². The fraction of sp³-hybridized carbons (Fsp3) is 0. The van der Waals surface area contributed by atoms with Crippen molar-refractivity contribution in [2.45, 2.75) is 0 Å². The van der Waals surface area contributed by atoms with Crippen molar-refractivity contribution >= 4 is 65.4 Å². The van der Waals surface area contributed by atoms with E-state index >= 15 is 0 Å². The minimum absolute atomic E-state index is 0.562. The topological polar surface area (TPSA) is 74.3 Å². The van der Waals surface area contributed by atoms with Gasteiger partial charge < -0.3 is 4.57 Å². The van der Waals surface area contributed by atoms with Crippen LogP contribution < -0.4 is 0 Å². The molecule has 0 aliphatic rings. The first-order valence-electron chi connectivity index (χ1n) is 19.3. The third-order valence-electron chi connectivity index (χ3n) is 11.2. The predicted octanol–water partition coefficient (Wildman–Crippen LogP) is 12.2. The van der Waals surface area contributed by atoms with Crippen molar-refractivity contribution in [2.75, 3.05) is 0 Å². The van der Waals surface area contributed by atoms with Gasteiger partial charge in [0.2, 0.25) is 5.95 Å². The molecule has 0 saturated heterocycles. The number of para-hydroxylation sites is 3. The van der Waals surface area contributed by atoms with E-state index in [4.69, 9.17) is 24.9 Å². The highest BCUT2D eigenvalue weighted by Crippen LogP contribution is 2.41. The van der Waals surface area contributed by atoms with Crippen LogP contribution >= 0.6 is 0 Å². The van der Waals surface area contributed by atoms with Crippen LogP contribution in [-0.4, -0.2) is 34.1 Å². The molecule has 0 aliphatic heterocycles. The lowest BCUT2D eigenvalue weighted by Gasteiger charge is -2.12. The normalized spacial score (nSPS) is 11.8. The Morgan fingerprint density at radius 1 is 0.345 bits per heavy atom. The van der Waals surface area contributed by atoms with Crippen LogP contribution in [0.5, 0.6) is 0 Å². The van der Waals surface area contributed by atoms with E-state index in [1.807, 2.05) is 60.7 Å². The quantitative estimate of drug-likeness (QED) is 0.164. The highest BCUT2D eigenvalue weighted by molar-refractivity contribution is 6.20. The number of aromatic nitrogens is 7. The molecule has 0 bridgehead atoms. The van der Waals surface area contributed by atoms with Gasteiger partial charge in [-0.05, 0) is 65.5 Å². The number of hydrogen-bond acceptors (Lipinski definition) is 5. The van der Waals surface area contributed by atoms with E-state index in [0.29, 0.717) is 17.6 Å². The number of hydrogen-bond donors (Lipinski definition) is 0. The lowest BCUT2D eigenvalue weighted by Crippen LogP contribution is -2.06. The molecular weight excluding hydrogens is 711 g/mol. The molecule has 0 fully saturated rings. The minimum Gasteiger partial charge on any atom is -0.309 e. The van der Waals surface area contributed by atoms with Crippen LogP contribution in [0.1, 0.15) is 0 Å². The lowest BCUT2D eigenvalue weighted by atomic mass is 9.96. The van der Waals surface area contributed by atoms with Gasteiger partial charge in [0.25, 0.3) is 0 Å². The summed E-state index contributed by atoms with van der Waals surface area (Å²) in [5, 5.41) is 6.76. The first-order valence-corrected chi connectivity index (χ1v) is 19.3. The van der Waals surface area contributed by atoms with E-state index in [2.05, 4.69) is 124 Å². The highest BCUT2D eigenvalue weighted by Gasteiger charge is 2.21. The maximum atomic E-state index is 5.12. The summed E-state index contributed by atoms with van der Waals surface area (Å²) in [6.45, 7) is 0. The first-order chi connectivity index (χ1) is 28.8. The van der Waals surface area contributed by atoms with Crippen LogP contribution in [-0.2, 0) is 0 Å². The average molecular weight is 742 g/mol. The largest absolute Gasteiger partial charge is 0.309 e. The Kier molecular flexibility index (Phi) is 7.09. The molecule has 8 aromatic carbocycles. The average Bonchev–Trinajstić information content (AvgIpc) is 3.81. The van der Waals surface area contributed by atoms with E-state index in [-0.39, 0.29) is 0 Å². The maximum Gasteiger partial charge on any atom is 0.238 e. The molecule has 58 heavy (non-hydrogen) atoms. The zero-order valence-electron chi connectivity index (χ0n) is 31.0. The van der Waals surface area contributed by atoms with E-state index in [0.717, 1.165) is 77.1 Å². The molecule has 7 nitrogen and oxygen atoms in total. The summed E-state index contributed by atoms with van der Waals surface area (Å²) in [5.74, 6) is 1.80. The molecule has 0 saturated carbocycles. The zero-order valence-corrected chi connectivity index (χ0v) is 31.0. The SMILES string of the molecule is c1ccc(-c2nc(-c3ccccc3)nc(-n3c4ccccc4c4cc(-c5cc6cc7c(cc6c6nccnc56)c5ccccc5n7-c5ccccc5)ccc43)n2)cc1. The molecular formula is C51H31N7. The number of fused-ring (bicyclic) bond motifs is 9. The summed E-state index contributed by atoms with van der Waals surface area (Å²) in [7, 11) is 0. The first kappa shape index (κ1) is 32.2. The van der Waals surface area contributed by atoms with Crippen LogP contribution in [0, 0.1) is 0 Å². The maximum absolute atomic E-state index is 5.12. The van der Waals surface area contributed by atoms with Gasteiger partial charge in [-0.3, -0.25) is 14.5 Å². The predicted molar refractivity (Wildman–Crippen MR) is 235 cm³/mol. The van der Waals surface area contributed by atoms with Gasteiger partial charge in [-0.2, -0.15) is 9.97 Å². The molecule has 12 rings (SSSR count). The van der Waals surface area contributed by atoms with Crippen LogP contribution in [0.3, 0.4) is 0 Å². The number of nitrogens with zero attached hydrogens (tertiary/aromatic N) is 7. The summed E-state index contributed by atoms with van der Waals surface area (Å²) in [6, 6.07) is 61.4. The molecule has 4 heterocycles. The zero-order chi connectivity index (χ0) is 38.2. The van der Waals surface area contributed by atoms with E-state index in [1.165, 1.54) is 16.3 Å². The Morgan fingerprint density at radius 3 is 1.57 bits per heavy atom. The van der Waals surface area contributed by atoms with E-state index < -0.39 is 0 Å². The molecule has 0 aliphatic carbocycles. The second-order valence-corrected chi connectivity index (χ2v) is 14.6. The van der Waals surface area contributed by atoms with Gasteiger partial charge in [-0.1, -0.05) is 121 Å². The molecule has 0 atom stereocenters. The third kappa shape index (κ3) is 4.97. The third-order valence-corrected chi connectivity index (χ3v) is 11.2. The summed E-state index contributed by atoms with van der Waals surface area (Å²) in [4.78, 5) is 25.1. The van der Waals surface area contributed by atoms with E-state index in [9.17, 15) is 0 Å². The molecule has 0 spiro atoms. The Labute approximate surface area is 332 Å². The van der Waals surface area contributed by atoms with Crippen molar-refractivity contribution < 1.29 is 0 Å². The monoisotopic (exact) mass is 741 g/mol. The molecule has 12 aromatic rings. The second-order valence-electron chi connectivity index (χ2n) is 14.6. The molecule has 0 radical (unpaired) electrons. The minimum atomic E-state index is 0.562. The van der Waals surface area contributed by atoms with Gasteiger partial charge in [0, 0.05) is 61.7 Å². The van der Waals surface area contributed by atoms with Gasteiger partial charge >= 0.3 is 0 Å². The van der Waals surface area contributed by atoms with Crippen LogP contribution in [0.25, 0.3) is 111 Å². The Hall–Kier alpha value is -8.03. The van der Waals surface area contributed by atoms with Crippen LogP contribution in [0.15, 0.2) is 188 Å². The molecule has 4 aromatic heterocycles. The molecule has 0 N–H and O–H groups in total. The molecule has 7 heteroatoms. The van der Waals surface area contributed by atoms with Crippen molar-refractivity contribution in [1.82, 2.24) is 34.1 Å². The molecule has 0 unspecified atom stereocenters. The Bertz CT molecular complexity index is 3500. The Morgan fingerprint density at radius 2 is 0.897 bits per heavy atom. The van der Waals surface area contributed by atoms with Crippen molar-refractivity contribution in [2.24, 2.45) is 0 Å². The number of rotatable bonds is 5. The second kappa shape index (κ2) is 12.8. The molecule has 270 valence electrons. The summed E-state index contributed by atoms with van der Waals surface area (Å²) in [6.07, 6.45) is 3.58. The van der Waals surface area contributed by atoms with Gasteiger partial charge in [-0.25, -0.2) is 4.98 Å². The van der Waals surface area contributed by atoms with Crippen LogP contribution in [0.4, 0.5) is 0 Å². The fourth-order valence-electron chi connectivity index (χ4n) is 8.64.